The third-order valence-corrected chi connectivity index (χ3v) is 4.01. The Hall–Kier alpha value is -1.85. The number of halogens is 2. The first-order chi connectivity index (χ1) is 10.2. The molecule has 1 aliphatic rings. The van der Waals surface area contributed by atoms with Gasteiger partial charge in [0.15, 0.2) is 11.0 Å². The lowest BCUT2D eigenvalue weighted by Crippen LogP contribution is -2.31. The summed E-state index contributed by atoms with van der Waals surface area (Å²) in [5, 5.41) is 0.902. The fourth-order valence-electron chi connectivity index (χ4n) is 2.22. The summed E-state index contributed by atoms with van der Waals surface area (Å²) in [7, 11) is 0. The van der Waals surface area contributed by atoms with Crippen LogP contribution in [0.25, 0.3) is 0 Å². The van der Waals surface area contributed by atoms with Crippen molar-refractivity contribution in [3.8, 4) is 0 Å². The van der Waals surface area contributed by atoms with E-state index in [1.807, 2.05) is 24.3 Å². The van der Waals surface area contributed by atoms with Crippen LogP contribution in [-0.4, -0.2) is 15.9 Å². The van der Waals surface area contributed by atoms with E-state index in [9.17, 15) is 4.79 Å². The predicted octanol–water partition coefficient (Wildman–Crippen LogP) is 3.03. The number of carbonyl (C=O) groups is 1. The first-order valence-corrected chi connectivity index (χ1v) is 7.19. The Morgan fingerprint density at radius 3 is 2.71 bits per heavy atom. The number of carbonyl (C=O) groups excluding carboxylic acids is 1. The molecule has 0 radical (unpaired) electrons. The Labute approximate surface area is 131 Å². The van der Waals surface area contributed by atoms with E-state index < -0.39 is 0 Å². The molecule has 0 bridgehead atoms. The number of nitrogens with zero attached hydrogens (tertiary/aromatic N) is 2. The van der Waals surface area contributed by atoms with Gasteiger partial charge in [-0.25, -0.2) is 9.97 Å². The molecule has 2 N–H and O–H groups in total. The summed E-state index contributed by atoms with van der Waals surface area (Å²) in [6.07, 6.45) is 3.75. The van der Waals surface area contributed by atoms with E-state index in [-0.39, 0.29) is 22.9 Å². The molecule has 1 heterocycles. The number of benzene rings is 1. The standard InChI is InChI=1S/C14H12Cl2N4O/c15-11-4-2-1-3-8(11)9-7-10(9)14(21)20-19-13-12(16)17-5-6-18-13/h1-6,9-10H,7H2,(H,18,19)(H,20,21). The van der Waals surface area contributed by atoms with E-state index in [1.165, 1.54) is 12.4 Å². The van der Waals surface area contributed by atoms with Gasteiger partial charge in [-0.05, 0) is 24.0 Å². The molecule has 2 aromatic rings. The van der Waals surface area contributed by atoms with Gasteiger partial charge < -0.3 is 0 Å². The summed E-state index contributed by atoms with van der Waals surface area (Å²) in [5.41, 5.74) is 6.30. The van der Waals surface area contributed by atoms with Gasteiger partial charge in [-0.1, -0.05) is 41.4 Å². The Kier molecular flexibility index (Phi) is 3.94. The molecular weight excluding hydrogens is 311 g/mol. The van der Waals surface area contributed by atoms with E-state index >= 15 is 0 Å². The van der Waals surface area contributed by atoms with Crippen LogP contribution in [0.5, 0.6) is 0 Å². The summed E-state index contributed by atoms with van der Waals surface area (Å²) in [6.45, 7) is 0. The lowest BCUT2D eigenvalue weighted by molar-refractivity contribution is -0.121. The Morgan fingerprint density at radius 2 is 1.95 bits per heavy atom. The molecule has 2 atom stereocenters. The van der Waals surface area contributed by atoms with Crippen LogP contribution in [0.2, 0.25) is 10.2 Å². The average molecular weight is 323 g/mol. The number of hydrogen-bond acceptors (Lipinski definition) is 4. The lowest BCUT2D eigenvalue weighted by Gasteiger charge is -2.08. The van der Waals surface area contributed by atoms with Crippen LogP contribution < -0.4 is 10.9 Å². The molecule has 1 aliphatic carbocycles. The summed E-state index contributed by atoms with van der Waals surface area (Å²) in [4.78, 5) is 19.9. The van der Waals surface area contributed by atoms with E-state index in [0.717, 1.165) is 12.0 Å². The van der Waals surface area contributed by atoms with Gasteiger partial charge in [-0.3, -0.25) is 15.6 Å². The lowest BCUT2D eigenvalue weighted by atomic mass is 10.1. The molecule has 1 amide bonds. The van der Waals surface area contributed by atoms with Gasteiger partial charge in [-0.15, -0.1) is 0 Å². The monoisotopic (exact) mass is 322 g/mol. The largest absolute Gasteiger partial charge is 0.279 e. The number of amides is 1. The molecule has 1 saturated carbocycles. The van der Waals surface area contributed by atoms with Crippen molar-refractivity contribution in [2.75, 3.05) is 5.43 Å². The summed E-state index contributed by atoms with van der Waals surface area (Å²) in [6, 6.07) is 7.59. The molecule has 7 heteroatoms. The number of nitrogens with one attached hydrogen (secondary N) is 2. The van der Waals surface area contributed by atoms with Gasteiger partial charge in [0.2, 0.25) is 5.91 Å². The fourth-order valence-corrected chi connectivity index (χ4v) is 2.65. The van der Waals surface area contributed by atoms with Crippen molar-refractivity contribution in [3.63, 3.8) is 0 Å². The van der Waals surface area contributed by atoms with Gasteiger partial charge in [0.05, 0.1) is 0 Å². The number of anilines is 1. The van der Waals surface area contributed by atoms with Gasteiger partial charge >= 0.3 is 0 Å². The highest BCUT2D eigenvalue weighted by Gasteiger charge is 2.44. The van der Waals surface area contributed by atoms with Crippen LogP contribution in [0.15, 0.2) is 36.7 Å². The molecule has 21 heavy (non-hydrogen) atoms. The zero-order valence-electron chi connectivity index (χ0n) is 10.9. The SMILES string of the molecule is O=C(NNc1nccnc1Cl)C1CC1c1ccccc1Cl. The van der Waals surface area contributed by atoms with Crippen molar-refractivity contribution in [2.45, 2.75) is 12.3 Å². The molecule has 0 saturated heterocycles. The smallest absolute Gasteiger partial charge is 0.242 e. The van der Waals surface area contributed by atoms with E-state index in [1.54, 1.807) is 0 Å². The van der Waals surface area contributed by atoms with Crippen LogP contribution in [-0.2, 0) is 4.79 Å². The maximum atomic E-state index is 12.1. The normalized spacial score (nSPS) is 19.9. The van der Waals surface area contributed by atoms with Crippen molar-refractivity contribution in [1.29, 1.82) is 0 Å². The first kappa shape index (κ1) is 14.1. The molecule has 0 aliphatic heterocycles. The highest BCUT2D eigenvalue weighted by Crippen LogP contribution is 2.49. The molecule has 0 spiro atoms. The number of rotatable bonds is 4. The first-order valence-electron chi connectivity index (χ1n) is 6.43. The van der Waals surface area contributed by atoms with E-state index in [0.29, 0.717) is 10.8 Å². The number of hydrogen-bond donors (Lipinski definition) is 2. The van der Waals surface area contributed by atoms with Crippen LogP contribution in [0.1, 0.15) is 17.9 Å². The maximum absolute atomic E-state index is 12.1. The van der Waals surface area contributed by atoms with Crippen molar-refractivity contribution >= 4 is 34.9 Å². The van der Waals surface area contributed by atoms with Crippen molar-refractivity contribution < 1.29 is 4.79 Å². The minimum atomic E-state index is -0.110. The van der Waals surface area contributed by atoms with Gasteiger partial charge in [0.1, 0.15) is 0 Å². The van der Waals surface area contributed by atoms with Gasteiger partial charge in [-0.2, -0.15) is 0 Å². The molecule has 108 valence electrons. The second-order valence-electron chi connectivity index (χ2n) is 4.78. The van der Waals surface area contributed by atoms with Crippen molar-refractivity contribution in [2.24, 2.45) is 5.92 Å². The molecule has 5 nitrogen and oxygen atoms in total. The minimum Gasteiger partial charge on any atom is -0.279 e. The highest BCUT2D eigenvalue weighted by molar-refractivity contribution is 6.31. The van der Waals surface area contributed by atoms with Gasteiger partial charge in [0, 0.05) is 23.3 Å². The van der Waals surface area contributed by atoms with E-state index in [4.69, 9.17) is 23.2 Å². The Balaban J connectivity index is 1.59. The molecule has 1 aromatic carbocycles. The zero-order valence-corrected chi connectivity index (χ0v) is 12.4. The summed E-state index contributed by atoms with van der Waals surface area (Å²) < 4.78 is 0. The van der Waals surface area contributed by atoms with Crippen LogP contribution >= 0.6 is 23.2 Å². The second-order valence-corrected chi connectivity index (χ2v) is 5.55. The highest BCUT2D eigenvalue weighted by atomic mass is 35.5. The summed E-state index contributed by atoms with van der Waals surface area (Å²) >= 11 is 12.0. The number of aromatic nitrogens is 2. The summed E-state index contributed by atoms with van der Waals surface area (Å²) in [5.74, 6) is 0.287. The minimum absolute atomic E-state index is 0.0900. The maximum Gasteiger partial charge on any atom is 0.242 e. The third-order valence-electron chi connectivity index (χ3n) is 3.39. The molecular formula is C14H12Cl2N4O. The Bertz CT molecular complexity index is 680. The third kappa shape index (κ3) is 3.09. The fraction of sp³-hybridized carbons (Fsp3) is 0.214. The van der Waals surface area contributed by atoms with Crippen LogP contribution in [0.4, 0.5) is 5.82 Å². The Morgan fingerprint density at radius 1 is 1.19 bits per heavy atom. The van der Waals surface area contributed by atoms with Crippen LogP contribution in [0, 0.1) is 5.92 Å². The average Bonchev–Trinajstić information content (AvgIpc) is 3.27. The van der Waals surface area contributed by atoms with Crippen molar-refractivity contribution in [1.82, 2.24) is 15.4 Å². The van der Waals surface area contributed by atoms with Crippen LogP contribution in [0.3, 0.4) is 0 Å². The number of hydrazine groups is 1. The molecule has 2 unspecified atom stereocenters. The van der Waals surface area contributed by atoms with Gasteiger partial charge in [0.25, 0.3) is 0 Å². The predicted molar refractivity (Wildman–Crippen MR) is 81.1 cm³/mol. The molecule has 1 fully saturated rings. The molecule has 3 rings (SSSR count). The topological polar surface area (TPSA) is 66.9 Å². The second kappa shape index (κ2) is 5.87. The zero-order chi connectivity index (χ0) is 14.8. The van der Waals surface area contributed by atoms with E-state index in [2.05, 4.69) is 20.8 Å². The molecule has 1 aromatic heterocycles. The quantitative estimate of drug-likeness (QED) is 0.849. The van der Waals surface area contributed by atoms with Crippen molar-refractivity contribution in [3.05, 3.63) is 52.4 Å².